The predicted octanol–water partition coefficient (Wildman–Crippen LogP) is 3.55. The minimum atomic E-state index is -0.524. The zero-order chi connectivity index (χ0) is 21.9. The fourth-order valence-electron chi connectivity index (χ4n) is 7.52. The fraction of sp³-hybridized carbons (Fsp3) is 0.760. The lowest BCUT2D eigenvalue weighted by Crippen LogP contribution is -2.51. The highest BCUT2D eigenvalue weighted by Crippen LogP contribution is 2.69. The third kappa shape index (κ3) is 2.88. The van der Waals surface area contributed by atoms with Gasteiger partial charge in [-0.2, -0.15) is 0 Å². The van der Waals surface area contributed by atoms with Crippen LogP contribution in [0.25, 0.3) is 0 Å². The summed E-state index contributed by atoms with van der Waals surface area (Å²) in [5.74, 6) is 0.690. The van der Waals surface area contributed by atoms with Crippen molar-refractivity contribution >= 4 is 11.8 Å². The number of hydrogen-bond acceptors (Lipinski definition) is 5. The Bertz CT molecular complexity index is 816. The van der Waals surface area contributed by atoms with Crippen molar-refractivity contribution in [2.75, 3.05) is 13.2 Å². The second kappa shape index (κ2) is 7.30. The van der Waals surface area contributed by atoms with Gasteiger partial charge in [0, 0.05) is 10.8 Å². The summed E-state index contributed by atoms with van der Waals surface area (Å²) in [4.78, 5) is 24.9. The van der Waals surface area contributed by atoms with Crippen LogP contribution in [0.2, 0.25) is 0 Å². The molecule has 4 aliphatic carbocycles. The number of Topliss-reactive ketones (excluding diaryl/α,β-unsaturated/α-hetero) is 1. The normalized spacial score (nSPS) is 44.9. The van der Waals surface area contributed by atoms with Gasteiger partial charge in [-0.3, -0.25) is 9.59 Å². The highest BCUT2D eigenvalue weighted by Gasteiger charge is 2.65. The molecule has 4 aliphatic rings. The number of aliphatic hydroxyl groups is 1. The molecule has 5 heteroatoms. The van der Waals surface area contributed by atoms with Gasteiger partial charge in [0.2, 0.25) is 0 Å². The number of rotatable bonds is 4. The van der Waals surface area contributed by atoms with E-state index in [1.54, 1.807) is 5.57 Å². The zero-order valence-corrected chi connectivity index (χ0v) is 18.9. The van der Waals surface area contributed by atoms with Crippen LogP contribution in [0.1, 0.15) is 66.2 Å². The number of ether oxygens (including phenoxy) is 1. The fourth-order valence-corrected chi connectivity index (χ4v) is 7.52. The van der Waals surface area contributed by atoms with Crippen molar-refractivity contribution in [1.29, 1.82) is 0 Å². The number of carbonyl (C=O) groups excluding carboxylic acids is 2. The molecule has 0 aromatic carbocycles. The van der Waals surface area contributed by atoms with E-state index >= 15 is 0 Å². The lowest BCUT2D eigenvalue weighted by Gasteiger charge is -2.55. The molecule has 7 atom stereocenters. The second-order valence-corrected chi connectivity index (χ2v) is 10.8. The number of allylic oxidation sites excluding steroid dienone is 3. The Labute approximate surface area is 180 Å². The molecule has 0 radical (unpaired) electrons. The van der Waals surface area contributed by atoms with E-state index < -0.39 is 11.4 Å². The Hall–Kier alpha value is -1.46. The van der Waals surface area contributed by atoms with Crippen molar-refractivity contribution in [3.63, 3.8) is 0 Å². The van der Waals surface area contributed by atoms with E-state index in [4.69, 9.17) is 10.5 Å². The Morgan fingerprint density at radius 1 is 1.27 bits per heavy atom. The standard InChI is InChI=1S/C25H37NO4/c1-15-11-20-18-6-5-16-12-17(27)7-9-23(16,2)19(18)8-10-24(20,3)25(15,4)21(28)14-30-22(29)13-26/h8,12,15,17-18,20,27H,5-7,9-11,13-14,26H2,1-4H3/t15-,17?,18?,20?,23+,24+,25-/m1/s1. The predicted molar refractivity (Wildman–Crippen MR) is 115 cm³/mol. The quantitative estimate of drug-likeness (QED) is 0.541. The molecule has 2 saturated carbocycles. The monoisotopic (exact) mass is 415 g/mol. The number of nitrogens with two attached hydrogens (primary N) is 1. The molecule has 0 saturated heterocycles. The van der Waals surface area contributed by atoms with E-state index in [-0.39, 0.29) is 41.8 Å². The Kier molecular flexibility index (Phi) is 5.30. The second-order valence-electron chi connectivity index (χ2n) is 10.8. The summed E-state index contributed by atoms with van der Waals surface area (Å²) >= 11 is 0. The molecule has 0 bridgehead atoms. The maximum atomic E-state index is 13.4. The lowest BCUT2D eigenvalue weighted by atomic mass is 9.48. The smallest absolute Gasteiger partial charge is 0.320 e. The van der Waals surface area contributed by atoms with Gasteiger partial charge in [0.05, 0.1) is 12.6 Å². The van der Waals surface area contributed by atoms with Crippen molar-refractivity contribution in [2.24, 2.45) is 39.7 Å². The minimum Gasteiger partial charge on any atom is -0.457 e. The molecule has 0 aromatic heterocycles. The van der Waals surface area contributed by atoms with Crippen LogP contribution in [0.15, 0.2) is 23.3 Å². The van der Waals surface area contributed by atoms with E-state index in [1.807, 2.05) is 0 Å². The summed E-state index contributed by atoms with van der Waals surface area (Å²) < 4.78 is 5.15. The molecule has 2 fully saturated rings. The van der Waals surface area contributed by atoms with Gasteiger partial charge < -0.3 is 15.6 Å². The van der Waals surface area contributed by atoms with Crippen molar-refractivity contribution < 1.29 is 19.4 Å². The summed E-state index contributed by atoms with van der Waals surface area (Å²) in [5, 5.41) is 10.1. The first kappa shape index (κ1) is 21.8. The van der Waals surface area contributed by atoms with Crippen LogP contribution in [-0.4, -0.2) is 36.1 Å². The van der Waals surface area contributed by atoms with Gasteiger partial charge in [-0.05, 0) is 61.7 Å². The first-order valence-corrected chi connectivity index (χ1v) is 11.6. The number of aliphatic hydroxyl groups excluding tert-OH is 1. The molecule has 0 spiro atoms. The molecule has 4 rings (SSSR count). The molecule has 5 nitrogen and oxygen atoms in total. The average Bonchev–Trinajstić information content (AvgIpc) is 2.93. The van der Waals surface area contributed by atoms with Crippen molar-refractivity contribution in [3.8, 4) is 0 Å². The number of esters is 1. The Balaban J connectivity index is 1.66. The largest absolute Gasteiger partial charge is 0.457 e. The molecular formula is C25H37NO4. The van der Waals surface area contributed by atoms with E-state index in [0.29, 0.717) is 11.8 Å². The van der Waals surface area contributed by atoms with Crippen molar-refractivity contribution in [1.82, 2.24) is 0 Å². The summed E-state index contributed by atoms with van der Waals surface area (Å²) in [6, 6.07) is 0. The number of carbonyl (C=O) groups is 2. The Morgan fingerprint density at radius 3 is 2.70 bits per heavy atom. The maximum Gasteiger partial charge on any atom is 0.320 e. The number of ketones is 1. The molecule has 0 amide bonds. The SMILES string of the molecule is C[C@@H]1CC2C3CCC4=CC(O)CC[C@]4(C)C3=CC[C@]2(C)[C@@]1(C)C(=O)COC(=O)CN. The Morgan fingerprint density at radius 2 is 2.00 bits per heavy atom. The third-order valence-electron chi connectivity index (χ3n) is 9.74. The van der Waals surface area contributed by atoms with E-state index in [1.165, 1.54) is 5.57 Å². The van der Waals surface area contributed by atoms with Crippen LogP contribution in [0.4, 0.5) is 0 Å². The molecule has 30 heavy (non-hydrogen) atoms. The summed E-state index contributed by atoms with van der Waals surface area (Å²) in [6.45, 7) is 8.57. The van der Waals surface area contributed by atoms with Crippen LogP contribution in [0, 0.1) is 34.0 Å². The molecule has 0 aliphatic heterocycles. The lowest BCUT2D eigenvalue weighted by molar-refractivity contribution is -0.154. The van der Waals surface area contributed by atoms with Gasteiger partial charge in [-0.1, -0.05) is 51.0 Å². The summed E-state index contributed by atoms with van der Waals surface area (Å²) in [6.07, 6.45) is 10.1. The van der Waals surface area contributed by atoms with Gasteiger partial charge in [-0.15, -0.1) is 0 Å². The van der Waals surface area contributed by atoms with Crippen LogP contribution >= 0.6 is 0 Å². The highest BCUT2D eigenvalue weighted by atomic mass is 16.5. The van der Waals surface area contributed by atoms with Crippen LogP contribution in [0.5, 0.6) is 0 Å². The molecule has 0 aromatic rings. The maximum absolute atomic E-state index is 13.4. The number of hydrogen-bond donors (Lipinski definition) is 2. The molecule has 3 unspecified atom stereocenters. The van der Waals surface area contributed by atoms with Gasteiger partial charge in [0.15, 0.2) is 12.4 Å². The molecular weight excluding hydrogens is 378 g/mol. The zero-order valence-electron chi connectivity index (χ0n) is 18.9. The molecule has 0 heterocycles. The minimum absolute atomic E-state index is 0.0297. The summed E-state index contributed by atoms with van der Waals surface area (Å²) in [7, 11) is 0. The van der Waals surface area contributed by atoms with Gasteiger partial charge in [0.1, 0.15) is 0 Å². The first-order chi connectivity index (χ1) is 14.1. The van der Waals surface area contributed by atoms with Gasteiger partial charge >= 0.3 is 5.97 Å². The van der Waals surface area contributed by atoms with E-state index in [9.17, 15) is 14.7 Å². The van der Waals surface area contributed by atoms with Gasteiger partial charge in [0.25, 0.3) is 0 Å². The number of fused-ring (bicyclic) bond motifs is 5. The van der Waals surface area contributed by atoms with Crippen molar-refractivity contribution in [2.45, 2.75) is 72.3 Å². The van der Waals surface area contributed by atoms with Crippen molar-refractivity contribution in [3.05, 3.63) is 23.3 Å². The van der Waals surface area contributed by atoms with Crippen LogP contribution < -0.4 is 5.73 Å². The highest BCUT2D eigenvalue weighted by molar-refractivity contribution is 5.89. The molecule has 3 N–H and O–H groups in total. The average molecular weight is 416 g/mol. The van der Waals surface area contributed by atoms with E-state index in [0.717, 1.165) is 38.5 Å². The van der Waals surface area contributed by atoms with E-state index in [2.05, 4.69) is 39.8 Å². The van der Waals surface area contributed by atoms with Crippen LogP contribution in [0.3, 0.4) is 0 Å². The van der Waals surface area contributed by atoms with Crippen LogP contribution in [-0.2, 0) is 14.3 Å². The first-order valence-electron chi connectivity index (χ1n) is 11.6. The summed E-state index contributed by atoms with van der Waals surface area (Å²) in [5.41, 5.74) is 7.70. The topological polar surface area (TPSA) is 89.6 Å². The third-order valence-corrected chi connectivity index (χ3v) is 9.74. The van der Waals surface area contributed by atoms with Gasteiger partial charge in [-0.25, -0.2) is 0 Å². The molecule has 166 valence electrons.